The van der Waals surface area contributed by atoms with Crippen molar-refractivity contribution in [2.75, 3.05) is 18.9 Å². The number of nitrogens with zero attached hydrogens (tertiary/aromatic N) is 3. The lowest BCUT2D eigenvalue weighted by Crippen LogP contribution is -2.30. The number of rotatable bonds is 5. The summed E-state index contributed by atoms with van der Waals surface area (Å²) in [7, 11) is 4.02. The third-order valence-electron chi connectivity index (χ3n) is 4.68. The second kappa shape index (κ2) is 7.13. The predicted molar refractivity (Wildman–Crippen MR) is 91.2 cm³/mol. The largest absolute Gasteiger partial charge is 0.326 e. The number of nitrogens with one attached hydrogen (secondary N) is 1. The van der Waals surface area contributed by atoms with Gasteiger partial charge in [-0.1, -0.05) is 6.07 Å². The Balaban J connectivity index is 1.56. The van der Waals surface area contributed by atoms with Crippen molar-refractivity contribution in [2.45, 2.75) is 31.7 Å². The second-order valence-electron chi connectivity index (χ2n) is 6.37. The Morgan fingerprint density at radius 2 is 2.33 bits per heavy atom. The van der Waals surface area contributed by atoms with Gasteiger partial charge in [-0.15, -0.1) is 0 Å². The maximum absolute atomic E-state index is 13.1. The van der Waals surface area contributed by atoms with Crippen molar-refractivity contribution in [1.82, 2.24) is 14.7 Å². The van der Waals surface area contributed by atoms with Crippen molar-refractivity contribution in [3.05, 3.63) is 47.5 Å². The van der Waals surface area contributed by atoms with Gasteiger partial charge in [0.15, 0.2) is 0 Å². The van der Waals surface area contributed by atoms with Crippen LogP contribution in [0.15, 0.2) is 30.5 Å². The fraction of sp³-hybridized carbons (Fsp3) is 0.444. The fourth-order valence-corrected chi connectivity index (χ4v) is 3.36. The zero-order valence-electron chi connectivity index (χ0n) is 14.1. The molecule has 0 bridgehead atoms. The number of aryl methyl sites for hydroxylation is 1. The number of fused-ring (bicyclic) bond motifs is 1. The Bertz CT molecular complexity index is 728. The van der Waals surface area contributed by atoms with E-state index in [0.29, 0.717) is 24.7 Å². The minimum Gasteiger partial charge on any atom is -0.326 e. The van der Waals surface area contributed by atoms with Crippen LogP contribution in [0.4, 0.5) is 10.1 Å². The number of benzene rings is 1. The summed E-state index contributed by atoms with van der Waals surface area (Å²) in [5, 5.41) is 7.11. The number of aromatic nitrogens is 2. The monoisotopic (exact) mass is 330 g/mol. The zero-order valence-corrected chi connectivity index (χ0v) is 14.1. The molecule has 0 saturated heterocycles. The van der Waals surface area contributed by atoms with Crippen molar-refractivity contribution >= 4 is 11.6 Å². The van der Waals surface area contributed by atoms with Gasteiger partial charge < -0.3 is 5.32 Å². The highest BCUT2D eigenvalue weighted by atomic mass is 19.1. The van der Waals surface area contributed by atoms with Crippen LogP contribution < -0.4 is 5.32 Å². The van der Waals surface area contributed by atoms with Crippen molar-refractivity contribution in [2.24, 2.45) is 7.05 Å². The molecule has 1 heterocycles. The van der Waals surface area contributed by atoms with E-state index in [1.165, 1.54) is 23.4 Å². The van der Waals surface area contributed by atoms with E-state index in [-0.39, 0.29) is 11.7 Å². The van der Waals surface area contributed by atoms with Crippen molar-refractivity contribution in [3.8, 4) is 0 Å². The van der Waals surface area contributed by atoms with Gasteiger partial charge in [0.1, 0.15) is 5.82 Å². The Kier molecular flexibility index (Phi) is 4.94. The number of anilines is 1. The lowest BCUT2D eigenvalue weighted by atomic mass is 9.92. The summed E-state index contributed by atoms with van der Waals surface area (Å²) in [6.07, 6.45) is 5.61. The molecule has 1 aliphatic rings. The van der Waals surface area contributed by atoms with Gasteiger partial charge in [-0.25, -0.2) is 4.39 Å². The smallest absolute Gasteiger partial charge is 0.225 e. The van der Waals surface area contributed by atoms with Crippen LogP contribution in [-0.4, -0.2) is 34.2 Å². The van der Waals surface area contributed by atoms with Crippen LogP contribution in [0, 0.1) is 5.82 Å². The van der Waals surface area contributed by atoms with Crippen molar-refractivity contribution in [1.29, 1.82) is 0 Å². The Labute approximate surface area is 141 Å². The molecule has 1 aromatic heterocycles. The quantitative estimate of drug-likeness (QED) is 0.917. The minimum absolute atomic E-state index is 0.102. The number of hydrogen-bond donors (Lipinski definition) is 1. The molecule has 1 N–H and O–H groups in total. The molecular weight excluding hydrogens is 307 g/mol. The minimum atomic E-state index is -0.351. The Hall–Kier alpha value is -2.21. The third kappa shape index (κ3) is 3.64. The van der Waals surface area contributed by atoms with Crippen LogP contribution in [-0.2, 0) is 18.3 Å². The molecule has 3 rings (SSSR count). The van der Waals surface area contributed by atoms with E-state index in [1.807, 2.05) is 25.0 Å². The summed E-state index contributed by atoms with van der Waals surface area (Å²) in [5.74, 6) is -0.453. The van der Waals surface area contributed by atoms with Gasteiger partial charge in [0.25, 0.3) is 0 Å². The van der Waals surface area contributed by atoms with E-state index >= 15 is 0 Å². The van der Waals surface area contributed by atoms with Crippen molar-refractivity contribution in [3.63, 3.8) is 0 Å². The van der Waals surface area contributed by atoms with Gasteiger partial charge in [0.2, 0.25) is 5.91 Å². The molecule has 6 heteroatoms. The number of carbonyl (C=O) groups excluding carboxylic acids is 1. The second-order valence-corrected chi connectivity index (χ2v) is 6.37. The van der Waals surface area contributed by atoms with E-state index in [9.17, 15) is 9.18 Å². The Morgan fingerprint density at radius 1 is 1.50 bits per heavy atom. The molecule has 1 atom stereocenters. The summed E-state index contributed by atoms with van der Waals surface area (Å²) in [6.45, 7) is 0.653. The molecule has 1 aromatic carbocycles. The zero-order chi connectivity index (χ0) is 17.1. The maximum atomic E-state index is 13.1. The van der Waals surface area contributed by atoms with Crippen LogP contribution in [0.5, 0.6) is 0 Å². The van der Waals surface area contributed by atoms with Gasteiger partial charge in [-0.2, -0.15) is 5.10 Å². The number of hydrogen-bond acceptors (Lipinski definition) is 3. The van der Waals surface area contributed by atoms with Crippen molar-refractivity contribution < 1.29 is 9.18 Å². The normalized spacial score (nSPS) is 16.9. The van der Waals surface area contributed by atoms with Gasteiger partial charge in [-0.3, -0.25) is 14.4 Å². The molecular formula is C18H23FN4O. The molecule has 24 heavy (non-hydrogen) atoms. The molecule has 1 amide bonds. The average molecular weight is 330 g/mol. The molecule has 2 aromatic rings. The molecule has 0 radical (unpaired) electrons. The van der Waals surface area contributed by atoms with E-state index in [2.05, 4.69) is 15.3 Å². The van der Waals surface area contributed by atoms with Crippen LogP contribution in [0.25, 0.3) is 0 Å². The lowest BCUT2D eigenvalue weighted by molar-refractivity contribution is -0.116. The first-order chi connectivity index (χ1) is 11.5. The maximum Gasteiger partial charge on any atom is 0.225 e. The molecule has 128 valence electrons. The number of amides is 1. The summed E-state index contributed by atoms with van der Waals surface area (Å²) in [4.78, 5) is 14.3. The van der Waals surface area contributed by atoms with E-state index in [4.69, 9.17) is 0 Å². The summed E-state index contributed by atoms with van der Waals surface area (Å²) >= 11 is 0. The lowest BCUT2D eigenvalue weighted by Gasteiger charge is -2.31. The fourth-order valence-electron chi connectivity index (χ4n) is 3.36. The molecule has 0 saturated carbocycles. The highest BCUT2D eigenvalue weighted by Gasteiger charge is 2.26. The Morgan fingerprint density at radius 3 is 3.12 bits per heavy atom. The third-order valence-corrected chi connectivity index (χ3v) is 4.68. The first-order valence-electron chi connectivity index (χ1n) is 8.31. The standard InChI is InChI=1S/C18H23FN4O/c1-22(16-7-4-8-17-15(16)12-20-23(17)2)10-9-18(24)21-14-6-3-5-13(19)11-14/h3,5-6,11-12,16H,4,7-10H2,1-2H3,(H,21,24)/t16-/m0/s1. The topological polar surface area (TPSA) is 50.2 Å². The molecule has 0 unspecified atom stereocenters. The molecule has 0 aliphatic heterocycles. The summed E-state index contributed by atoms with van der Waals surface area (Å²) < 4.78 is 15.1. The summed E-state index contributed by atoms with van der Waals surface area (Å²) in [5.41, 5.74) is 3.06. The average Bonchev–Trinajstić information content (AvgIpc) is 2.94. The summed E-state index contributed by atoms with van der Waals surface area (Å²) in [6, 6.07) is 6.27. The van der Waals surface area contributed by atoms with Gasteiger partial charge in [0.05, 0.1) is 6.20 Å². The number of halogens is 1. The molecule has 0 spiro atoms. The van der Waals surface area contributed by atoms with Gasteiger partial charge >= 0.3 is 0 Å². The van der Waals surface area contributed by atoms with Crippen LogP contribution in [0.3, 0.4) is 0 Å². The highest BCUT2D eigenvalue weighted by Crippen LogP contribution is 2.33. The van der Waals surface area contributed by atoms with Crippen LogP contribution in [0.2, 0.25) is 0 Å². The molecule has 1 aliphatic carbocycles. The van der Waals surface area contributed by atoms with E-state index in [1.54, 1.807) is 12.1 Å². The first kappa shape index (κ1) is 16.6. The molecule has 0 fully saturated rings. The highest BCUT2D eigenvalue weighted by molar-refractivity contribution is 5.90. The predicted octanol–water partition coefficient (Wildman–Crippen LogP) is 2.90. The van der Waals surface area contributed by atoms with Gasteiger partial charge in [-0.05, 0) is 44.5 Å². The van der Waals surface area contributed by atoms with E-state index in [0.717, 1.165) is 19.3 Å². The molecule has 5 nitrogen and oxygen atoms in total. The van der Waals surface area contributed by atoms with E-state index < -0.39 is 0 Å². The number of carbonyl (C=O) groups is 1. The van der Waals surface area contributed by atoms with Crippen LogP contribution >= 0.6 is 0 Å². The SMILES string of the molecule is CN(CCC(=O)Nc1cccc(F)c1)[C@H]1CCCc2c1cnn2C. The van der Waals surface area contributed by atoms with Crippen LogP contribution in [0.1, 0.15) is 36.6 Å². The van der Waals surface area contributed by atoms with Gasteiger partial charge in [0, 0.05) is 43.0 Å². The first-order valence-corrected chi connectivity index (χ1v) is 8.31.